The van der Waals surface area contributed by atoms with Gasteiger partial charge in [0.1, 0.15) is 0 Å². The maximum absolute atomic E-state index is 5.40. The first-order valence-corrected chi connectivity index (χ1v) is 7.15. The van der Waals surface area contributed by atoms with Crippen molar-refractivity contribution >= 4 is 5.69 Å². The van der Waals surface area contributed by atoms with E-state index in [1.54, 1.807) is 0 Å². The largest absolute Gasteiger partial charge is 0.378 e. The Morgan fingerprint density at radius 3 is 2.61 bits per heavy atom. The molecule has 0 aromatic heterocycles. The van der Waals surface area contributed by atoms with Crippen molar-refractivity contribution in [3.8, 4) is 0 Å². The van der Waals surface area contributed by atoms with Gasteiger partial charge in [-0.1, -0.05) is 26.3 Å². The summed E-state index contributed by atoms with van der Waals surface area (Å²) < 4.78 is 5.40. The second kappa shape index (κ2) is 6.24. The lowest BCUT2D eigenvalue weighted by molar-refractivity contribution is 0.122. The van der Waals surface area contributed by atoms with Gasteiger partial charge in [-0.2, -0.15) is 0 Å². The minimum Gasteiger partial charge on any atom is -0.378 e. The molecule has 2 rings (SSSR count). The zero-order valence-electron chi connectivity index (χ0n) is 11.9. The van der Waals surface area contributed by atoms with Crippen molar-refractivity contribution in [2.45, 2.75) is 39.5 Å². The van der Waals surface area contributed by atoms with Gasteiger partial charge in [0.05, 0.1) is 13.2 Å². The van der Waals surface area contributed by atoms with Gasteiger partial charge in [-0.05, 0) is 42.5 Å². The topological polar surface area (TPSA) is 12.5 Å². The zero-order valence-corrected chi connectivity index (χ0v) is 11.9. The average molecular weight is 247 g/mol. The molecule has 1 aliphatic heterocycles. The predicted octanol–water partition coefficient (Wildman–Crippen LogP) is 3.74. The third kappa shape index (κ3) is 3.05. The van der Waals surface area contributed by atoms with Gasteiger partial charge in [-0.15, -0.1) is 0 Å². The molecule has 1 fully saturated rings. The molecule has 100 valence electrons. The van der Waals surface area contributed by atoms with Crippen molar-refractivity contribution < 1.29 is 4.74 Å². The van der Waals surface area contributed by atoms with Gasteiger partial charge in [0.2, 0.25) is 0 Å². The number of benzene rings is 1. The molecule has 1 unspecified atom stereocenters. The highest BCUT2D eigenvalue weighted by Crippen LogP contribution is 2.27. The summed E-state index contributed by atoms with van der Waals surface area (Å²) in [6.07, 6.45) is 2.53. The van der Waals surface area contributed by atoms with Crippen molar-refractivity contribution in [3.63, 3.8) is 0 Å². The highest BCUT2D eigenvalue weighted by molar-refractivity contribution is 5.51. The second-order valence-electron chi connectivity index (χ2n) is 5.33. The van der Waals surface area contributed by atoms with Crippen LogP contribution in [0.15, 0.2) is 18.2 Å². The van der Waals surface area contributed by atoms with Crippen molar-refractivity contribution in [1.29, 1.82) is 0 Å². The standard InChI is InChI=1S/C16H25NO/c1-4-5-13(2)16-7-6-15(12-14(16)3)17-8-10-18-11-9-17/h6-7,12-13H,4-5,8-11H2,1-3H3. The fourth-order valence-electron chi connectivity index (χ4n) is 2.82. The lowest BCUT2D eigenvalue weighted by atomic mass is 9.92. The van der Waals surface area contributed by atoms with Gasteiger partial charge in [0.25, 0.3) is 0 Å². The molecule has 18 heavy (non-hydrogen) atoms. The van der Waals surface area contributed by atoms with E-state index in [2.05, 4.69) is 43.9 Å². The van der Waals surface area contributed by atoms with Gasteiger partial charge in [0.15, 0.2) is 0 Å². The van der Waals surface area contributed by atoms with Crippen molar-refractivity contribution in [3.05, 3.63) is 29.3 Å². The minimum absolute atomic E-state index is 0.675. The van der Waals surface area contributed by atoms with Gasteiger partial charge >= 0.3 is 0 Å². The Balaban J connectivity index is 2.13. The number of hydrogen-bond donors (Lipinski definition) is 0. The molecule has 2 nitrogen and oxygen atoms in total. The molecule has 0 radical (unpaired) electrons. The summed E-state index contributed by atoms with van der Waals surface area (Å²) in [6, 6.07) is 6.94. The van der Waals surface area contributed by atoms with E-state index in [9.17, 15) is 0 Å². The molecule has 0 bridgehead atoms. The van der Waals surface area contributed by atoms with Crippen LogP contribution in [0, 0.1) is 6.92 Å². The number of morpholine rings is 1. The Kier molecular flexibility index (Phi) is 4.65. The van der Waals surface area contributed by atoms with Gasteiger partial charge in [-0.3, -0.25) is 0 Å². The van der Waals surface area contributed by atoms with E-state index >= 15 is 0 Å². The Labute approximate surface area is 111 Å². The molecule has 0 amide bonds. The Bertz CT molecular complexity index is 383. The van der Waals surface area contributed by atoms with Gasteiger partial charge < -0.3 is 9.64 Å². The van der Waals surface area contributed by atoms with Crippen LogP contribution in [0.3, 0.4) is 0 Å². The van der Waals surface area contributed by atoms with Crippen LogP contribution in [0.5, 0.6) is 0 Å². The van der Waals surface area contributed by atoms with Gasteiger partial charge in [-0.25, -0.2) is 0 Å². The Morgan fingerprint density at radius 1 is 1.28 bits per heavy atom. The first-order chi connectivity index (χ1) is 8.72. The predicted molar refractivity (Wildman–Crippen MR) is 77.5 cm³/mol. The molecule has 1 heterocycles. The average Bonchev–Trinajstić information content (AvgIpc) is 2.40. The van der Waals surface area contributed by atoms with Crippen LogP contribution in [0.4, 0.5) is 5.69 Å². The molecule has 1 saturated heterocycles. The van der Waals surface area contributed by atoms with Crippen LogP contribution in [-0.4, -0.2) is 26.3 Å². The lowest BCUT2D eigenvalue weighted by Gasteiger charge is -2.29. The fourth-order valence-corrected chi connectivity index (χ4v) is 2.82. The third-order valence-electron chi connectivity index (χ3n) is 3.88. The second-order valence-corrected chi connectivity index (χ2v) is 5.33. The number of aryl methyl sites for hydroxylation is 1. The van der Waals surface area contributed by atoms with Crippen LogP contribution < -0.4 is 4.90 Å². The maximum Gasteiger partial charge on any atom is 0.0642 e. The van der Waals surface area contributed by atoms with Crippen LogP contribution in [0.1, 0.15) is 43.7 Å². The normalized spacial score (nSPS) is 17.8. The van der Waals surface area contributed by atoms with E-state index in [-0.39, 0.29) is 0 Å². The van der Waals surface area contributed by atoms with E-state index in [4.69, 9.17) is 4.74 Å². The first kappa shape index (κ1) is 13.4. The summed E-state index contributed by atoms with van der Waals surface area (Å²) >= 11 is 0. The van der Waals surface area contributed by atoms with Crippen LogP contribution in [-0.2, 0) is 4.74 Å². The number of hydrogen-bond acceptors (Lipinski definition) is 2. The fraction of sp³-hybridized carbons (Fsp3) is 0.625. The molecular formula is C16H25NO. The maximum atomic E-state index is 5.40. The molecule has 2 heteroatoms. The Morgan fingerprint density at radius 2 is 2.00 bits per heavy atom. The van der Waals surface area contributed by atoms with Crippen LogP contribution in [0.25, 0.3) is 0 Å². The summed E-state index contributed by atoms with van der Waals surface area (Å²) in [5.74, 6) is 0.675. The first-order valence-electron chi connectivity index (χ1n) is 7.15. The lowest BCUT2D eigenvalue weighted by Crippen LogP contribution is -2.36. The third-order valence-corrected chi connectivity index (χ3v) is 3.88. The highest BCUT2D eigenvalue weighted by atomic mass is 16.5. The zero-order chi connectivity index (χ0) is 13.0. The molecule has 0 spiro atoms. The molecular weight excluding hydrogens is 222 g/mol. The summed E-state index contributed by atoms with van der Waals surface area (Å²) in [5.41, 5.74) is 4.29. The summed E-state index contributed by atoms with van der Waals surface area (Å²) in [7, 11) is 0. The number of nitrogens with zero attached hydrogens (tertiary/aromatic N) is 1. The van der Waals surface area contributed by atoms with Crippen molar-refractivity contribution in [1.82, 2.24) is 0 Å². The number of rotatable bonds is 4. The summed E-state index contributed by atoms with van der Waals surface area (Å²) in [4.78, 5) is 2.42. The summed E-state index contributed by atoms with van der Waals surface area (Å²) in [6.45, 7) is 10.6. The minimum atomic E-state index is 0.675. The molecule has 0 aliphatic carbocycles. The molecule has 1 aliphatic rings. The van der Waals surface area contributed by atoms with E-state index < -0.39 is 0 Å². The van der Waals surface area contributed by atoms with Crippen molar-refractivity contribution in [2.75, 3.05) is 31.2 Å². The molecule has 1 aromatic rings. The van der Waals surface area contributed by atoms with Crippen LogP contribution in [0.2, 0.25) is 0 Å². The Hall–Kier alpha value is -1.02. The molecule has 0 saturated carbocycles. The summed E-state index contributed by atoms with van der Waals surface area (Å²) in [5, 5.41) is 0. The van der Waals surface area contributed by atoms with E-state index in [1.165, 1.54) is 29.7 Å². The van der Waals surface area contributed by atoms with E-state index in [1.807, 2.05) is 0 Å². The number of anilines is 1. The smallest absolute Gasteiger partial charge is 0.0642 e. The highest BCUT2D eigenvalue weighted by Gasteiger charge is 2.13. The monoisotopic (exact) mass is 247 g/mol. The van der Waals surface area contributed by atoms with E-state index in [0.29, 0.717) is 5.92 Å². The van der Waals surface area contributed by atoms with Crippen LogP contribution >= 0.6 is 0 Å². The molecule has 0 N–H and O–H groups in total. The van der Waals surface area contributed by atoms with Gasteiger partial charge in [0, 0.05) is 18.8 Å². The number of ether oxygens (including phenoxy) is 1. The van der Waals surface area contributed by atoms with E-state index in [0.717, 1.165) is 26.3 Å². The SMILES string of the molecule is CCCC(C)c1ccc(N2CCOCC2)cc1C. The molecule has 1 atom stereocenters. The quantitative estimate of drug-likeness (QED) is 0.803. The van der Waals surface area contributed by atoms with Crippen molar-refractivity contribution in [2.24, 2.45) is 0 Å². The molecule has 1 aromatic carbocycles.